The molecule has 0 saturated heterocycles. The van der Waals surface area contributed by atoms with Gasteiger partial charge in [0.05, 0.1) is 64.1 Å². The van der Waals surface area contributed by atoms with Crippen molar-refractivity contribution in [2.24, 2.45) is 16.8 Å². The Hall–Kier alpha value is -8.76. The van der Waals surface area contributed by atoms with Crippen LogP contribution in [0.3, 0.4) is 0 Å². The van der Waals surface area contributed by atoms with Crippen molar-refractivity contribution < 1.29 is 220 Å². The average molecular weight is 2210 g/mol. The van der Waals surface area contributed by atoms with Gasteiger partial charge in [0.1, 0.15) is 19.8 Å². The summed E-state index contributed by atoms with van der Waals surface area (Å²) < 4.78 is 18.6. The number of aliphatic carboxylic acids is 9. The second kappa shape index (κ2) is 76.9. The van der Waals surface area contributed by atoms with Crippen molar-refractivity contribution in [1.82, 2.24) is 14.7 Å². The topological polar surface area (TPSA) is 700 Å². The first-order valence-corrected chi connectivity index (χ1v) is 38.4. The number of unbranched alkanes of at least 4 members (excludes halogenated alkanes) is 2. The van der Waals surface area contributed by atoms with Crippen LogP contribution in [0.1, 0.15) is 146 Å². The number of carboxylic acid groups (broad SMARTS) is 10. The third-order valence-electron chi connectivity index (χ3n) is 13.5. The van der Waals surface area contributed by atoms with Crippen molar-refractivity contribution in [3.63, 3.8) is 0 Å². The van der Waals surface area contributed by atoms with Gasteiger partial charge in [-0.3, -0.25) is 82.0 Å². The van der Waals surface area contributed by atoms with E-state index in [9.17, 15) is 67.1 Å². The summed E-state index contributed by atoms with van der Waals surface area (Å²) in [4.78, 5) is 204. The number of methoxy groups -OCH3 is 1. The molecule has 4 atom stereocenters. The summed E-state index contributed by atoms with van der Waals surface area (Å²) in [5.74, 6) is -15.8. The Bertz CT molecular complexity index is 3070. The number of ether oxygens (including phenoxy) is 4. The number of amides is 6. The monoisotopic (exact) mass is 2210 g/mol. The molecule has 0 bridgehead atoms. The van der Waals surface area contributed by atoms with Crippen LogP contribution in [0.25, 0.3) is 23.8 Å². The average Bonchev–Trinajstić information content (AvgIpc) is 1.59. The van der Waals surface area contributed by atoms with Crippen LogP contribution in [0.5, 0.6) is 0 Å². The van der Waals surface area contributed by atoms with Crippen LogP contribution >= 0.6 is 18.8 Å². The number of benzene rings is 1. The van der Waals surface area contributed by atoms with Gasteiger partial charge in [-0.25, -0.2) is 28.8 Å². The fraction of sp³-hybridized carbons (Fsp3) is 0.500. The number of carboxylic acids is 10. The minimum atomic E-state index is -1.82. The first-order chi connectivity index (χ1) is 51.5. The molecule has 0 radical (unpaired) electrons. The predicted molar refractivity (Wildman–Crippen MR) is 392 cm³/mol. The second-order valence-corrected chi connectivity index (χ2v) is 25.4. The van der Waals surface area contributed by atoms with E-state index in [1.165, 1.54) is 74.8 Å². The summed E-state index contributed by atoms with van der Waals surface area (Å²) in [6.45, 7) is 12.9. The molecule has 6 rings (SSSR count). The molecule has 41 nitrogen and oxygen atoms in total. The van der Waals surface area contributed by atoms with Crippen LogP contribution in [0.2, 0.25) is 0 Å². The molecular formula is C68H98Cl2N8O33Pt3. The largest absolute Gasteiger partial charge is 2.00 e. The molecule has 2 saturated carbocycles. The first-order valence-electron chi connectivity index (χ1n) is 32.7. The Morgan fingerprint density at radius 1 is 0.482 bits per heavy atom. The zero-order valence-electron chi connectivity index (χ0n) is 62.4. The van der Waals surface area contributed by atoms with Crippen LogP contribution in [0.15, 0.2) is 65.7 Å². The molecular weight excluding hydrogens is 2110 g/mol. The zero-order valence-corrected chi connectivity index (χ0v) is 70.7. The third-order valence-corrected chi connectivity index (χ3v) is 13.5. The summed E-state index contributed by atoms with van der Waals surface area (Å²) >= 11 is -0.472. The number of esters is 2. The number of hydrogen-bond acceptors (Lipinski definition) is 24. The predicted octanol–water partition coefficient (Wildman–Crippen LogP) is 7.17. The second-order valence-electron chi connectivity index (χ2n) is 22.1. The van der Waals surface area contributed by atoms with Crippen molar-refractivity contribution in [1.29, 1.82) is 0 Å². The molecule has 3 aliphatic heterocycles. The van der Waals surface area contributed by atoms with E-state index in [4.69, 9.17) is 105 Å². The Kier molecular flexibility index (Phi) is 83.2. The number of Topliss-reactive ketones (excluding diaryl/α,β-unsaturated/α-hetero) is 1. The molecule has 652 valence electrons. The quantitative estimate of drug-likeness (QED) is 0.00992. The fourth-order valence-electron chi connectivity index (χ4n) is 7.74. The van der Waals surface area contributed by atoms with E-state index in [0.717, 1.165) is 65.9 Å². The molecule has 16 N–H and O–H groups in total. The van der Waals surface area contributed by atoms with Crippen LogP contribution in [0, 0.1) is 25.7 Å². The number of hydrogen-bond donors (Lipinski definition) is 10. The molecule has 1 aromatic carbocycles. The summed E-state index contributed by atoms with van der Waals surface area (Å²) in [6, 6.07) is 6.63. The molecule has 2 fully saturated rings. The van der Waals surface area contributed by atoms with E-state index in [1.54, 1.807) is 26.0 Å². The van der Waals surface area contributed by atoms with Crippen LogP contribution in [0.4, 0.5) is 0 Å². The van der Waals surface area contributed by atoms with Gasteiger partial charge in [0.15, 0.2) is 5.78 Å². The van der Waals surface area contributed by atoms with Gasteiger partial charge in [0.25, 0.3) is 41.4 Å². The maximum absolute atomic E-state index is 11.9. The number of aliphatic imine (C=N–C) groups is 1. The number of aromatic carboxylic acids is 1. The maximum Gasteiger partial charge on any atom is 2.00 e. The number of carbonyl (C=O) groups excluding carboxylic acids is 9. The number of nitrogens with zero attached hydrogens (tertiary/aromatic N) is 4. The summed E-state index contributed by atoms with van der Waals surface area (Å²) in [6.07, 6.45) is 18.3. The summed E-state index contributed by atoms with van der Waals surface area (Å²) in [7, 11) is 11.3. The van der Waals surface area contributed by atoms with Crippen molar-refractivity contribution in [3.05, 3.63) is 109 Å². The van der Waals surface area contributed by atoms with E-state index < -0.39 is 112 Å². The third kappa shape index (κ3) is 73.4. The van der Waals surface area contributed by atoms with E-state index in [2.05, 4.69) is 37.8 Å². The van der Waals surface area contributed by atoms with Gasteiger partial charge >= 0.3 is 143 Å². The first kappa shape index (κ1) is 123. The van der Waals surface area contributed by atoms with E-state index >= 15 is 0 Å². The minimum Gasteiger partial charge on any atom is -0.693 e. The normalized spacial score (nSPS) is 15.4. The van der Waals surface area contributed by atoms with E-state index in [0.29, 0.717) is 56.6 Å². The standard InChI is InChI=1S/C20H22N2O5.2C10H11NO6.2C7H13N.C5H10O4.C3H6O2.2C2H2O4.C2H4O2.2ClH.2H2N.3Pt/c1-14(15-6-8-16(9-7-15)20(26)27)21-13-17(23)5-3-2-4-12-22-18(24)10-11-19(22)25;2*12-7-1-2-8(13)11(7)5-6-17-10(16)4-3-9(14)15;2*1-6-4-2-3-5-7(6)8;1-8-2-3-9-4-5(6)7;1-2-3(4)5;2*3-1(4)2(5)6;1-2(3)4;;;;;;;/h6-11H,2-5,12-13H2,1H3,(H,26,27);2*1-2H,3-6H2,(H,14,15);2*6-8H,1-5H2;2-4H2,1H3,(H,6,7);2H2,1H3,(H,4,5);2*(H,3,4)(H,5,6);1H3,(H,3,4);2*1H;2*1H2;;;/q;;;2*-2;;;;;;;;2*-1;2*+2;+4/p-2/t;;;2*6-,7-;;;;;;;;;;;;/m...11............/s1. The molecule has 46 heteroatoms. The fourth-order valence-corrected chi connectivity index (χ4v) is 7.74. The Morgan fingerprint density at radius 2 is 0.798 bits per heavy atom. The molecule has 2 aliphatic carbocycles. The van der Waals surface area contributed by atoms with Crippen molar-refractivity contribution >= 4 is 137 Å². The van der Waals surface area contributed by atoms with Crippen LogP contribution in [-0.4, -0.2) is 263 Å². The minimum absolute atomic E-state index is 0. The van der Waals surface area contributed by atoms with Gasteiger partial charge in [0.2, 0.25) is 0 Å². The molecule has 6 amide bonds. The number of nitrogens with two attached hydrogens (primary N) is 2. The maximum atomic E-state index is 11.9. The molecule has 0 unspecified atom stereocenters. The number of ketones is 1. The Labute approximate surface area is 702 Å². The molecule has 0 spiro atoms. The molecule has 5 aliphatic rings. The number of halogens is 2. The van der Waals surface area contributed by atoms with Gasteiger partial charge in [-0.15, -0.1) is 0 Å². The van der Waals surface area contributed by atoms with Gasteiger partial charge in [-0.05, 0) is 37.5 Å². The van der Waals surface area contributed by atoms with Gasteiger partial charge < -0.3 is 108 Å². The smallest absolute Gasteiger partial charge is 0.693 e. The number of carbonyl (C=O) groups is 19. The Balaban J connectivity index is -0.000000161. The molecule has 0 aromatic heterocycles. The summed E-state index contributed by atoms with van der Waals surface area (Å²) in [5, 5.41) is 78.3. The Morgan fingerprint density at radius 3 is 1.06 bits per heavy atom. The summed E-state index contributed by atoms with van der Waals surface area (Å²) in [5.41, 5.74) is 16.5. The van der Waals surface area contributed by atoms with Crippen molar-refractivity contribution in [2.75, 3.05) is 66.3 Å². The number of imide groups is 3. The number of nitrogens with one attached hydrogen (secondary N) is 2. The van der Waals surface area contributed by atoms with E-state index in [1.807, 2.05) is 0 Å². The molecule has 114 heavy (non-hydrogen) atoms. The van der Waals surface area contributed by atoms with Crippen molar-refractivity contribution in [2.45, 2.75) is 142 Å². The van der Waals surface area contributed by atoms with Crippen LogP contribution < -0.4 is 0 Å². The number of rotatable bonds is 28. The van der Waals surface area contributed by atoms with Crippen LogP contribution in [-0.2, 0) is 164 Å². The van der Waals surface area contributed by atoms with Gasteiger partial charge in [-0.1, -0.05) is 76.8 Å². The molecule has 1 aromatic rings. The van der Waals surface area contributed by atoms with E-state index in [-0.39, 0.29) is 161 Å². The van der Waals surface area contributed by atoms with Gasteiger partial charge in [-0.2, -0.15) is 23.9 Å². The zero-order chi connectivity index (χ0) is 85.4. The molecule has 3 heterocycles. The van der Waals surface area contributed by atoms with Gasteiger partial charge in [0, 0.05) is 75.6 Å². The van der Waals surface area contributed by atoms with Crippen molar-refractivity contribution in [3.8, 4) is 0 Å². The SMILES string of the molecule is CC(=NCC(=O)CCCCCN1C(=O)C=CC1=O)c1ccc(C(=O)O)cc1.CC(=O)O.CCC(=O)O.COCCOCC(=O)O.O=C(O)C(=O)O.O=C(O)C(=O)O.O=C(O)CCC(=O)OCCN1C(=O)C=CC1=O.O=C(O)CCC(=O)OCCN1C(=O)C=CC1=O.[CH2-][C@@H]1CCCC[C@H]1[NH-].[CH2-][C@@H]1CCCC[C@H]1[NH-].[Cl][Pt+2][Cl].[NH2-].[NH2-].[Pt+2].[Pt+2].